The van der Waals surface area contributed by atoms with Crippen molar-refractivity contribution in [2.45, 2.75) is 19.9 Å². The Morgan fingerprint density at radius 1 is 1.30 bits per heavy atom. The largest absolute Gasteiger partial charge is 0.493 e. The normalized spacial score (nSPS) is 18.6. The zero-order chi connectivity index (χ0) is 17.1. The van der Waals surface area contributed by atoms with E-state index in [2.05, 4.69) is 0 Å². The fourth-order valence-electron chi connectivity index (χ4n) is 2.61. The summed E-state index contributed by atoms with van der Waals surface area (Å²) >= 11 is 0. The van der Waals surface area contributed by atoms with Gasteiger partial charge in [0.2, 0.25) is 0 Å². The maximum Gasteiger partial charge on any atom is 0.414 e. The van der Waals surface area contributed by atoms with Crippen molar-refractivity contribution < 1.29 is 23.8 Å². The van der Waals surface area contributed by atoms with Gasteiger partial charge in [0.1, 0.15) is 0 Å². The molecule has 1 atom stereocenters. The molecule has 1 aliphatic rings. The molecule has 1 aromatic carbocycles. The lowest BCUT2D eigenvalue weighted by Crippen LogP contribution is -2.46. The van der Waals surface area contributed by atoms with Gasteiger partial charge in [-0.25, -0.2) is 4.79 Å². The van der Waals surface area contributed by atoms with E-state index >= 15 is 0 Å². The summed E-state index contributed by atoms with van der Waals surface area (Å²) in [4.78, 5) is 26.4. The van der Waals surface area contributed by atoms with Crippen LogP contribution in [-0.4, -0.2) is 38.7 Å². The van der Waals surface area contributed by atoms with E-state index in [-0.39, 0.29) is 12.4 Å². The van der Waals surface area contributed by atoms with Crippen molar-refractivity contribution in [1.29, 1.82) is 0 Å². The summed E-state index contributed by atoms with van der Waals surface area (Å²) in [5.74, 6) is 0.562. The highest BCUT2D eigenvalue weighted by Gasteiger charge is 2.38. The minimum absolute atomic E-state index is 0.223. The van der Waals surface area contributed by atoms with E-state index in [0.717, 1.165) is 0 Å². The van der Waals surface area contributed by atoms with Gasteiger partial charge in [0.25, 0.3) is 0 Å². The van der Waals surface area contributed by atoms with Crippen molar-refractivity contribution in [1.82, 2.24) is 0 Å². The molecule has 0 fully saturated rings. The van der Waals surface area contributed by atoms with E-state index in [1.54, 1.807) is 19.9 Å². The smallest absolute Gasteiger partial charge is 0.414 e. The number of benzene rings is 1. The van der Waals surface area contributed by atoms with Crippen LogP contribution >= 0.6 is 0 Å². The number of ketones is 1. The number of carbonyl (C=O) groups is 2. The molecule has 2 N–H and O–H groups in total. The van der Waals surface area contributed by atoms with Crippen molar-refractivity contribution in [3.05, 3.63) is 29.5 Å². The van der Waals surface area contributed by atoms with E-state index in [4.69, 9.17) is 19.9 Å². The van der Waals surface area contributed by atoms with E-state index in [9.17, 15) is 9.59 Å². The van der Waals surface area contributed by atoms with Gasteiger partial charge in [-0.1, -0.05) is 0 Å². The number of hydrogen-bond acceptors (Lipinski definition) is 6. The van der Waals surface area contributed by atoms with Gasteiger partial charge in [-0.3, -0.25) is 9.69 Å². The first kappa shape index (κ1) is 16.7. The molecule has 1 heterocycles. The Labute approximate surface area is 134 Å². The van der Waals surface area contributed by atoms with Crippen molar-refractivity contribution in [3.63, 3.8) is 0 Å². The molecule has 0 radical (unpaired) electrons. The number of ether oxygens (including phenoxy) is 3. The van der Waals surface area contributed by atoms with Crippen LogP contribution in [0.1, 0.15) is 24.2 Å². The maximum absolute atomic E-state index is 12.6. The predicted molar refractivity (Wildman–Crippen MR) is 85.1 cm³/mol. The molecule has 0 saturated carbocycles. The number of rotatable bonds is 3. The summed E-state index contributed by atoms with van der Waals surface area (Å²) in [6, 6.07) is 2.59. The Hall–Kier alpha value is -2.70. The van der Waals surface area contributed by atoms with Crippen LogP contribution in [0.3, 0.4) is 0 Å². The third kappa shape index (κ3) is 2.69. The Bertz CT molecular complexity index is 669. The Morgan fingerprint density at radius 2 is 1.91 bits per heavy atom. The molecule has 0 aliphatic carbocycles. The van der Waals surface area contributed by atoms with E-state index < -0.39 is 12.1 Å². The lowest BCUT2D eigenvalue weighted by atomic mass is 9.90. The number of carbonyl (C=O) groups excluding carboxylic acids is 2. The second-order valence-electron chi connectivity index (χ2n) is 4.92. The molecule has 0 aromatic heterocycles. The first-order chi connectivity index (χ1) is 11.0. The number of fused-ring (bicyclic) bond motifs is 1. The molecule has 1 amide bonds. The highest BCUT2D eigenvalue weighted by Crippen LogP contribution is 2.41. The van der Waals surface area contributed by atoms with Crippen LogP contribution in [0.5, 0.6) is 11.5 Å². The molecule has 1 aromatic rings. The van der Waals surface area contributed by atoms with Gasteiger partial charge in [-0.2, -0.15) is 0 Å². The van der Waals surface area contributed by atoms with Crippen LogP contribution in [-0.2, 0) is 4.74 Å². The van der Waals surface area contributed by atoms with Crippen LogP contribution in [0.2, 0.25) is 0 Å². The second-order valence-corrected chi connectivity index (χ2v) is 4.92. The van der Waals surface area contributed by atoms with E-state index in [1.807, 2.05) is 0 Å². The molecule has 124 valence electrons. The molecule has 2 rings (SSSR count). The number of nitrogens with two attached hydrogens (primary N) is 1. The molecule has 0 unspecified atom stereocenters. The summed E-state index contributed by atoms with van der Waals surface area (Å²) in [7, 11) is 2.96. The summed E-state index contributed by atoms with van der Waals surface area (Å²) in [6.07, 6.45) is 0.666. The quantitative estimate of drug-likeness (QED) is 0.858. The minimum atomic E-state index is -0.555. The fourth-order valence-corrected chi connectivity index (χ4v) is 2.61. The molecule has 0 bridgehead atoms. The lowest BCUT2D eigenvalue weighted by molar-refractivity contribution is 0.102. The topological polar surface area (TPSA) is 91.1 Å². The van der Waals surface area contributed by atoms with E-state index in [1.165, 1.54) is 31.4 Å². The number of methoxy groups -OCH3 is 2. The van der Waals surface area contributed by atoms with Gasteiger partial charge >= 0.3 is 6.09 Å². The number of hydrogen-bond donors (Lipinski definition) is 1. The van der Waals surface area contributed by atoms with Gasteiger partial charge in [-0.05, 0) is 19.9 Å². The SMILES string of the molecule is CCOC(=O)N1c2cc(OC)c(OC)cc2C(=O)/C(=C/N)[C@H]1C. The Balaban J connectivity index is 2.69. The van der Waals surface area contributed by atoms with E-state index in [0.29, 0.717) is 28.3 Å². The average Bonchev–Trinajstić information content (AvgIpc) is 2.54. The minimum Gasteiger partial charge on any atom is -0.493 e. The van der Waals surface area contributed by atoms with Crippen LogP contribution in [0.25, 0.3) is 0 Å². The molecular formula is C16H20N2O5. The molecule has 0 spiro atoms. The fraction of sp³-hybridized carbons (Fsp3) is 0.375. The van der Waals surface area contributed by atoms with Gasteiger partial charge in [0.05, 0.1) is 38.1 Å². The predicted octanol–water partition coefficient (Wildman–Crippen LogP) is 2.09. The van der Waals surface area contributed by atoms with Crippen LogP contribution in [0, 0.1) is 0 Å². The number of nitrogens with zero attached hydrogens (tertiary/aromatic N) is 1. The van der Waals surface area contributed by atoms with Gasteiger partial charge in [0, 0.05) is 17.8 Å². The molecular weight excluding hydrogens is 300 g/mol. The van der Waals surface area contributed by atoms with Crippen molar-refractivity contribution in [3.8, 4) is 11.5 Å². The van der Waals surface area contributed by atoms with Crippen LogP contribution in [0.4, 0.5) is 10.5 Å². The molecule has 7 heteroatoms. The Morgan fingerprint density at radius 3 is 2.43 bits per heavy atom. The molecule has 1 aliphatic heterocycles. The highest BCUT2D eigenvalue weighted by molar-refractivity contribution is 6.18. The second kappa shape index (κ2) is 6.60. The highest BCUT2D eigenvalue weighted by atomic mass is 16.6. The average molecular weight is 320 g/mol. The monoisotopic (exact) mass is 320 g/mol. The summed E-state index contributed by atoms with van der Waals surface area (Å²) < 4.78 is 15.6. The Kier molecular flexibility index (Phi) is 4.78. The molecule has 23 heavy (non-hydrogen) atoms. The number of Topliss-reactive ketones (excluding diaryl/α,β-unsaturated/α-hetero) is 1. The third-order valence-corrected chi connectivity index (χ3v) is 3.75. The van der Waals surface area contributed by atoms with Crippen molar-refractivity contribution in [2.24, 2.45) is 5.73 Å². The lowest BCUT2D eigenvalue weighted by Gasteiger charge is -2.35. The van der Waals surface area contributed by atoms with Gasteiger partial charge in [-0.15, -0.1) is 0 Å². The van der Waals surface area contributed by atoms with Gasteiger partial charge < -0.3 is 19.9 Å². The maximum atomic E-state index is 12.6. The summed E-state index contributed by atoms with van der Waals surface area (Å²) in [5, 5.41) is 0. The number of amides is 1. The number of anilines is 1. The summed E-state index contributed by atoms with van der Waals surface area (Å²) in [6.45, 7) is 3.65. The van der Waals surface area contributed by atoms with Crippen molar-refractivity contribution in [2.75, 3.05) is 25.7 Å². The van der Waals surface area contributed by atoms with Gasteiger partial charge in [0.15, 0.2) is 17.3 Å². The third-order valence-electron chi connectivity index (χ3n) is 3.75. The first-order valence-corrected chi connectivity index (χ1v) is 7.18. The van der Waals surface area contributed by atoms with Crippen LogP contribution in [0.15, 0.2) is 23.9 Å². The van der Waals surface area contributed by atoms with Crippen molar-refractivity contribution >= 4 is 17.6 Å². The molecule has 0 saturated heterocycles. The first-order valence-electron chi connectivity index (χ1n) is 7.18. The molecule has 7 nitrogen and oxygen atoms in total. The zero-order valence-electron chi connectivity index (χ0n) is 13.6. The summed E-state index contributed by atoms with van der Waals surface area (Å²) in [5.41, 5.74) is 6.62. The standard InChI is InChI=1S/C16H20N2O5/c1-5-23-16(20)18-9(2)11(8-17)15(19)10-6-13(21-3)14(22-4)7-12(10)18/h6-9H,5,17H2,1-4H3/b11-8+/t9-/m1/s1. The zero-order valence-corrected chi connectivity index (χ0v) is 13.6. The van der Waals surface area contributed by atoms with Crippen LogP contribution < -0.4 is 20.1 Å².